The number of allylic oxidation sites excluding steroid dienone is 3. The van der Waals surface area contributed by atoms with Gasteiger partial charge < -0.3 is 9.52 Å². The number of aromatic nitrogens is 1. The number of aliphatic hydroxyl groups is 1. The highest BCUT2D eigenvalue weighted by Crippen LogP contribution is 2.67. The zero-order chi connectivity index (χ0) is 18.1. The summed E-state index contributed by atoms with van der Waals surface area (Å²) in [5.41, 5.74) is 4.54. The van der Waals surface area contributed by atoms with Crippen molar-refractivity contribution in [1.82, 2.24) is 4.98 Å². The van der Waals surface area contributed by atoms with Crippen LogP contribution in [0.5, 0.6) is 0 Å². The van der Waals surface area contributed by atoms with E-state index in [-0.39, 0.29) is 11.5 Å². The van der Waals surface area contributed by atoms with Gasteiger partial charge in [-0.05, 0) is 78.6 Å². The van der Waals surface area contributed by atoms with Crippen molar-refractivity contribution in [3.8, 4) is 0 Å². The van der Waals surface area contributed by atoms with Crippen molar-refractivity contribution in [2.45, 2.75) is 65.4 Å². The second kappa shape index (κ2) is 5.58. The lowest BCUT2D eigenvalue weighted by molar-refractivity contribution is -0.0426. The van der Waals surface area contributed by atoms with Crippen molar-refractivity contribution >= 4 is 5.57 Å². The summed E-state index contributed by atoms with van der Waals surface area (Å²) in [7, 11) is 0. The van der Waals surface area contributed by atoms with E-state index in [2.05, 4.69) is 37.9 Å². The second-order valence-electron chi connectivity index (χ2n) is 9.84. The molecule has 140 valence electrons. The Morgan fingerprint density at radius 3 is 2.73 bits per heavy atom. The van der Waals surface area contributed by atoms with E-state index < -0.39 is 0 Å². The summed E-state index contributed by atoms with van der Waals surface area (Å²) in [4.78, 5) is 4.47. The maximum absolute atomic E-state index is 10.2. The summed E-state index contributed by atoms with van der Waals surface area (Å²) in [5, 5.41) is 10.2. The monoisotopic (exact) mass is 353 g/mol. The molecule has 1 N–H and O–H groups in total. The van der Waals surface area contributed by atoms with Gasteiger partial charge in [0.25, 0.3) is 0 Å². The number of fused-ring (bicyclic) bond motifs is 5. The molecule has 3 heteroatoms. The molecule has 4 aliphatic carbocycles. The standard InChI is InChI=1S/C23H31NO2/c1-14-10-15-11-16(25)6-8-22(15,2)19-7-9-23(3)17(20-12-26-13-24-20)4-5-18(23)21(14)19/h4,10,12-14,16,18-19,21,25H,5-9,11H2,1-3H3/t14?,16?,18-,19-,21-,22-,23+/m0/s1. The summed E-state index contributed by atoms with van der Waals surface area (Å²) in [5.74, 6) is 2.79. The Balaban J connectivity index is 1.52. The van der Waals surface area contributed by atoms with E-state index in [0.717, 1.165) is 36.8 Å². The first-order chi connectivity index (χ1) is 12.4. The predicted octanol–water partition coefficient (Wildman–Crippen LogP) is 5.24. The highest BCUT2D eigenvalue weighted by atomic mass is 16.3. The van der Waals surface area contributed by atoms with Crippen LogP contribution in [0.15, 0.2) is 34.8 Å². The molecule has 0 aromatic carbocycles. The average Bonchev–Trinajstić information content (AvgIpc) is 3.23. The van der Waals surface area contributed by atoms with Gasteiger partial charge in [-0.3, -0.25) is 0 Å². The van der Waals surface area contributed by atoms with E-state index >= 15 is 0 Å². The smallest absolute Gasteiger partial charge is 0.181 e. The van der Waals surface area contributed by atoms with Gasteiger partial charge in [-0.1, -0.05) is 38.5 Å². The first-order valence-electron chi connectivity index (χ1n) is 10.4. The first kappa shape index (κ1) is 16.8. The Hall–Kier alpha value is -1.35. The lowest BCUT2D eigenvalue weighted by Crippen LogP contribution is -2.52. The molecule has 0 spiro atoms. The average molecular weight is 354 g/mol. The molecular formula is C23H31NO2. The van der Waals surface area contributed by atoms with Crippen LogP contribution in [0.25, 0.3) is 5.57 Å². The van der Waals surface area contributed by atoms with Crippen LogP contribution in [0.3, 0.4) is 0 Å². The SMILES string of the molecule is CC1C=C2CC(O)CC[C@]2(C)[C@H]2CC[C@]3(C)C(c4cocn4)=CC[C@H]3[C@H]12. The minimum absolute atomic E-state index is 0.126. The van der Waals surface area contributed by atoms with E-state index in [1.165, 1.54) is 24.8 Å². The molecule has 1 heterocycles. The van der Waals surface area contributed by atoms with Crippen LogP contribution in [0, 0.1) is 34.5 Å². The second-order valence-corrected chi connectivity index (χ2v) is 9.84. The predicted molar refractivity (Wildman–Crippen MR) is 102 cm³/mol. The molecular weight excluding hydrogens is 322 g/mol. The number of hydrogen-bond acceptors (Lipinski definition) is 3. The molecule has 0 amide bonds. The van der Waals surface area contributed by atoms with Crippen LogP contribution in [-0.4, -0.2) is 16.2 Å². The largest absolute Gasteiger partial charge is 0.451 e. The molecule has 0 bridgehead atoms. The van der Waals surface area contributed by atoms with Gasteiger partial charge in [0.15, 0.2) is 6.39 Å². The summed E-state index contributed by atoms with van der Waals surface area (Å²) in [6.07, 6.45) is 15.0. The van der Waals surface area contributed by atoms with E-state index in [0.29, 0.717) is 17.3 Å². The van der Waals surface area contributed by atoms with Crippen LogP contribution in [0.1, 0.15) is 65.0 Å². The number of rotatable bonds is 1. The number of nitrogens with zero attached hydrogens (tertiary/aromatic N) is 1. The molecule has 7 atom stereocenters. The van der Waals surface area contributed by atoms with Gasteiger partial charge in [0.05, 0.1) is 6.10 Å². The lowest BCUT2D eigenvalue weighted by atomic mass is 9.45. The zero-order valence-electron chi connectivity index (χ0n) is 16.2. The number of oxazole rings is 1. The molecule has 5 rings (SSSR count). The normalized spacial score (nSPS) is 47.5. The quantitative estimate of drug-likeness (QED) is 0.703. The van der Waals surface area contributed by atoms with Gasteiger partial charge in [0.1, 0.15) is 12.0 Å². The van der Waals surface area contributed by atoms with Crippen molar-refractivity contribution in [2.75, 3.05) is 0 Å². The van der Waals surface area contributed by atoms with Crippen LogP contribution in [0.2, 0.25) is 0 Å². The van der Waals surface area contributed by atoms with Crippen LogP contribution in [0.4, 0.5) is 0 Å². The third-order valence-electron chi connectivity index (χ3n) is 8.70. The fourth-order valence-corrected chi connectivity index (χ4v) is 7.31. The van der Waals surface area contributed by atoms with Gasteiger partial charge in [-0.25, -0.2) is 4.98 Å². The van der Waals surface area contributed by atoms with E-state index in [4.69, 9.17) is 4.42 Å². The molecule has 3 nitrogen and oxygen atoms in total. The molecule has 0 aliphatic heterocycles. The molecule has 2 unspecified atom stereocenters. The molecule has 2 saturated carbocycles. The maximum atomic E-state index is 10.2. The number of hydrogen-bond donors (Lipinski definition) is 1. The van der Waals surface area contributed by atoms with Crippen molar-refractivity contribution in [3.05, 3.63) is 36.1 Å². The van der Waals surface area contributed by atoms with Crippen LogP contribution < -0.4 is 0 Å². The fourth-order valence-electron chi connectivity index (χ4n) is 7.31. The van der Waals surface area contributed by atoms with Crippen LogP contribution in [-0.2, 0) is 0 Å². The zero-order valence-corrected chi connectivity index (χ0v) is 16.2. The molecule has 1 aromatic heterocycles. The molecule has 0 saturated heterocycles. The highest BCUT2D eigenvalue weighted by Gasteiger charge is 2.58. The van der Waals surface area contributed by atoms with Crippen molar-refractivity contribution in [1.29, 1.82) is 0 Å². The Morgan fingerprint density at radius 2 is 1.96 bits per heavy atom. The van der Waals surface area contributed by atoms with Gasteiger partial charge in [0, 0.05) is 0 Å². The Kier molecular flexibility index (Phi) is 3.60. The third-order valence-corrected chi connectivity index (χ3v) is 8.70. The van der Waals surface area contributed by atoms with E-state index in [9.17, 15) is 5.11 Å². The summed E-state index contributed by atoms with van der Waals surface area (Å²) in [6.45, 7) is 7.39. The summed E-state index contributed by atoms with van der Waals surface area (Å²) in [6, 6.07) is 0. The highest BCUT2D eigenvalue weighted by molar-refractivity contribution is 5.70. The first-order valence-corrected chi connectivity index (χ1v) is 10.4. The van der Waals surface area contributed by atoms with Crippen molar-refractivity contribution in [3.63, 3.8) is 0 Å². The summed E-state index contributed by atoms with van der Waals surface area (Å²) >= 11 is 0. The van der Waals surface area contributed by atoms with Crippen molar-refractivity contribution in [2.24, 2.45) is 34.5 Å². The van der Waals surface area contributed by atoms with Gasteiger partial charge in [-0.2, -0.15) is 0 Å². The Morgan fingerprint density at radius 1 is 1.15 bits per heavy atom. The fraction of sp³-hybridized carbons (Fsp3) is 0.696. The van der Waals surface area contributed by atoms with Gasteiger partial charge in [0.2, 0.25) is 0 Å². The van der Waals surface area contributed by atoms with Crippen molar-refractivity contribution < 1.29 is 9.52 Å². The molecule has 0 radical (unpaired) electrons. The molecule has 4 aliphatic rings. The Labute approximate surface area is 156 Å². The maximum Gasteiger partial charge on any atom is 0.181 e. The minimum Gasteiger partial charge on any atom is -0.451 e. The minimum atomic E-state index is -0.126. The Bertz CT molecular complexity index is 763. The summed E-state index contributed by atoms with van der Waals surface area (Å²) < 4.78 is 5.29. The third kappa shape index (κ3) is 2.13. The lowest BCUT2D eigenvalue weighted by Gasteiger charge is -2.59. The van der Waals surface area contributed by atoms with Gasteiger partial charge in [-0.15, -0.1) is 0 Å². The molecule has 2 fully saturated rings. The molecule has 26 heavy (non-hydrogen) atoms. The topological polar surface area (TPSA) is 46.3 Å². The number of aliphatic hydroxyl groups excluding tert-OH is 1. The van der Waals surface area contributed by atoms with Gasteiger partial charge >= 0.3 is 0 Å². The van der Waals surface area contributed by atoms with E-state index in [1.54, 1.807) is 12.0 Å². The molecule has 1 aromatic rings. The van der Waals surface area contributed by atoms with E-state index in [1.807, 2.05) is 6.26 Å². The van der Waals surface area contributed by atoms with Crippen LogP contribution >= 0.6 is 0 Å².